The molecule has 0 saturated carbocycles. The summed E-state index contributed by atoms with van der Waals surface area (Å²) in [5, 5.41) is 17.4. The summed E-state index contributed by atoms with van der Waals surface area (Å²) in [6.45, 7) is 1.80. The summed E-state index contributed by atoms with van der Waals surface area (Å²) < 4.78 is 10.2. The molecule has 0 heterocycles. The molecule has 1 aromatic rings. The van der Waals surface area contributed by atoms with Gasteiger partial charge in [-0.1, -0.05) is 0 Å². The van der Waals surface area contributed by atoms with E-state index in [-0.39, 0.29) is 13.2 Å². The van der Waals surface area contributed by atoms with Crippen molar-refractivity contribution in [3.05, 3.63) is 24.3 Å². The predicted octanol–water partition coefficient (Wildman–Crippen LogP) is 0.775. The number of aliphatic hydroxyl groups is 2. The molecular weight excluding hydrogens is 184 g/mol. The molecule has 1 aromatic carbocycles. The van der Waals surface area contributed by atoms with Gasteiger partial charge in [0.25, 0.3) is 0 Å². The van der Waals surface area contributed by atoms with Crippen LogP contribution < -0.4 is 9.47 Å². The Balaban J connectivity index is 2.50. The third-order valence-corrected chi connectivity index (χ3v) is 1.49. The van der Waals surface area contributed by atoms with Crippen LogP contribution in [0.25, 0.3) is 0 Å². The smallest absolute Gasteiger partial charge is 0.194 e. The van der Waals surface area contributed by atoms with E-state index in [0.717, 1.165) is 0 Å². The van der Waals surface area contributed by atoms with Gasteiger partial charge in [-0.3, -0.25) is 0 Å². The van der Waals surface area contributed by atoms with Gasteiger partial charge < -0.3 is 19.7 Å². The second kappa shape index (κ2) is 5.47. The second-order valence-electron chi connectivity index (χ2n) is 2.76. The van der Waals surface area contributed by atoms with Crippen LogP contribution in [-0.4, -0.2) is 29.7 Å². The summed E-state index contributed by atoms with van der Waals surface area (Å²) in [7, 11) is 0. The van der Waals surface area contributed by atoms with Crippen LogP contribution in [0.2, 0.25) is 0 Å². The lowest BCUT2D eigenvalue weighted by atomic mass is 10.3. The van der Waals surface area contributed by atoms with E-state index in [0.29, 0.717) is 11.5 Å². The van der Waals surface area contributed by atoms with E-state index < -0.39 is 6.29 Å². The fourth-order valence-electron chi connectivity index (χ4n) is 0.975. The highest BCUT2D eigenvalue weighted by Crippen LogP contribution is 2.17. The summed E-state index contributed by atoms with van der Waals surface area (Å²) >= 11 is 0. The summed E-state index contributed by atoms with van der Waals surface area (Å²) in [4.78, 5) is 0. The number of hydrogen-bond acceptors (Lipinski definition) is 4. The van der Waals surface area contributed by atoms with Crippen LogP contribution in [0.4, 0.5) is 0 Å². The van der Waals surface area contributed by atoms with Crippen molar-refractivity contribution in [2.45, 2.75) is 13.2 Å². The quantitative estimate of drug-likeness (QED) is 0.686. The molecule has 78 valence electrons. The lowest BCUT2D eigenvalue weighted by Crippen LogP contribution is -2.09. The Labute approximate surface area is 82.7 Å². The summed E-state index contributed by atoms with van der Waals surface area (Å²) in [6, 6.07) is 6.82. The van der Waals surface area contributed by atoms with Gasteiger partial charge in [0.15, 0.2) is 6.29 Å². The van der Waals surface area contributed by atoms with E-state index >= 15 is 0 Å². The zero-order valence-electron chi connectivity index (χ0n) is 8.01. The Bertz CT molecular complexity index is 255. The number of aliphatic hydroxyl groups excluding tert-OH is 2. The number of rotatable bonds is 5. The Morgan fingerprint density at radius 1 is 1.21 bits per heavy atom. The van der Waals surface area contributed by atoms with Crippen molar-refractivity contribution in [3.63, 3.8) is 0 Å². The fourth-order valence-corrected chi connectivity index (χ4v) is 0.975. The molecule has 0 saturated heterocycles. The zero-order chi connectivity index (χ0) is 10.4. The fraction of sp³-hybridized carbons (Fsp3) is 0.400. The molecule has 0 spiro atoms. The van der Waals surface area contributed by atoms with E-state index in [1.165, 1.54) is 6.92 Å². The van der Waals surface area contributed by atoms with E-state index in [1.54, 1.807) is 24.3 Å². The number of ether oxygens (including phenoxy) is 2. The van der Waals surface area contributed by atoms with Gasteiger partial charge in [-0.2, -0.15) is 0 Å². The summed E-state index contributed by atoms with van der Waals surface area (Å²) in [5.41, 5.74) is 0. The van der Waals surface area contributed by atoms with E-state index in [9.17, 15) is 0 Å². The first-order chi connectivity index (χ1) is 6.72. The normalized spacial score (nSPS) is 12.2. The van der Waals surface area contributed by atoms with Gasteiger partial charge in [0, 0.05) is 0 Å². The Morgan fingerprint density at radius 2 is 1.79 bits per heavy atom. The van der Waals surface area contributed by atoms with Crippen LogP contribution in [0.1, 0.15) is 6.92 Å². The van der Waals surface area contributed by atoms with Gasteiger partial charge >= 0.3 is 0 Å². The van der Waals surface area contributed by atoms with Crippen LogP contribution in [-0.2, 0) is 0 Å². The highest BCUT2D eigenvalue weighted by atomic mass is 16.6. The number of benzene rings is 1. The highest BCUT2D eigenvalue weighted by Gasteiger charge is 1.98. The predicted molar refractivity (Wildman–Crippen MR) is 51.3 cm³/mol. The van der Waals surface area contributed by atoms with Gasteiger partial charge in [-0.05, 0) is 31.2 Å². The molecule has 0 aliphatic heterocycles. The van der Waals surface area contributed by atoms with Crippen molar-refractivity contribution < 1.29 is 19.7 Å². The van der Waals surface area contributed by atoms with Crippen molar-refractivity contribution in [2.75, 3.05) is 13.2 Å². The lowest BCUT2D eigenvalue weighted by Gasteiger charge is -2.09. The standard InChI is InChI=1S/C10H14O4/c1-8(12)14-10-4-2-9(3-5-10)13-7-6-11/h2-5,8,11-12H,6-7H2,1H3. The molecule has 2 N–H and O–H groups in total. The van der Waals surface area contributed by atoms with Gasteiger partial charge in [0.1, 0.15) is 18.1 Å². The van der Waals surface area contributed by atoms with Crippen molar-refractivity contribution >= 4 is 0 Å². The largest absolute Gasteiger partial charge is 0.491 e. The first-order valence-electron chi connectivity index (χ1n) is 4.41. The van der Waals surface area contributed by atoms with Crippen LogP contribution in [0.15, 0.2) is 24.3 Å². The third-order valence-electron chi connectivity index (χ3n) is 1.49. The van der Waals surface area contributed by atoms with Crippen molar-refractivity contribution in [1.82, 2.24) is 0 Å². The average Bonchev–Trinajstić information content (AvgIpc) is 2.16. The highest BCUT2D eigenvalue weighted by molar-refractivity contribution is 5.31. The van der Waals surface area contributed by atoms with Crippen LogP contribution in [0, 0.1) is 0 Å². The first kappa shape index (κ1) is 10.8. The molecule has 4 nitrogen and oxygen atoms in total. The minimum Gasteiger partial charge on any atom is -0.491 e. The maximum absolute atomic E-state index is 8.93. The minimum absolute atomic E-state index is 0.00801. The molecule has 14 heavy (non-hydrogen) atoms. The third kappa shape index (κ3) is 3.64. The van der Waals surface area contributed by atoms with Gasteiger partial charge in [0.05, 0.1) is 6.61 Å². The van der Waals surface area contributed by atoms with Gasteiger partial charge in [0.2, 0.25) is 0 Å². The van der Waals surface area contributed by atoms with E-state index in [1.807, 2.05) is 0 Å². The first-order valence-corrected chi connectivity index (χ1v) is 4.41. The average molecular weight is 198 g/mol. The Hall–Kier alpha value is -1.26. The Kier molecular flexibility index (Phi) is 4.22. The molecule has 0 amide bonds. The molecular formula is C10H14O4. The molecule has 0 bridgehead atoms. The van der Waals surface area contributed by atoms with Crippen LogP contribution in [0.3, 0.4) is 0 Å². The van der Waals surface area contributed by atoms with Crippen LogP contribution >= 0.6 is 0 Å². The lowest BCUT2D eigenvalue weighted by molar-refractivity contribution is -0.000337. The van der Waals surface area contributed by atoms with Gasteiger partial charge in [-0.25, -0.2) is 0 Å². The van der Waals surface area contributed by atoms with E-state index in [4.69, 9.17) is 19.7 Å². The molecule has 0 aliphatic rings. The molecule has 0 radical (unpaired) electrons. The topological polar surface area (TPSA) is 58.9 Å². The summed E-state index contributed by atoms with van der Waals surface area (Å²) in [6.07, 6.45) is -0.820. The molecule has 1 unspecified atom stereocenters. The van der Waals surface area contributed by atoms with Crippen molar-refractivity contribution in [2.24, 2.45) is 0 Å². The van der Waals surface area contributed by atoms with Crippen molar-refractivity contribution in [3.8, 4) is 11.5 Å². The Morgan fingerprint density at radius 3 is 2.29 bits per heavy atom. The molecule has 0 fully saturated rings. The van der Waals surface area contributed by atoms with Crippen LogP contribution in [0.5, 0.6) is 11.5 Å². The SMILES string of the molecule is CC(O)Oc1ccc(OCCO)cc1. The zero-order valence-corrected chi connectivity index (χ0v) is 8.01. The molecule has 0 aliphatic carbocycles. The monoisotopic (exact) mass is 198 g/mol. The number of hydrogen-bond donors (Lipinski definition) is 2. The molecule has 4 heteroatoms. The van der Waals surface area contributed by atoms with Crippen molar-refractivity contribution in [1.29, 1.82) is 0 Å². The molecule has 0 aromatic heterocycles. The maximum Gasteiger partial charge on any atom is 0.194 e. The molecule has 1 atom stereocenters. The maximum atomic E-state index is 8.93. The second-order valence-corrected chi connectivity index (χ2v) is 2.76. The van der Waals surface area contributed by atoms with Gasteiger partial charge in [-0.15, -0.1) is 0 Å². The minimum atomic E-state index is -0.820. The summed E-state index contributed by atoms with van der Waals surface area (Å²) in [5.74, 6) is 1.24. The van der Waals surface area contributed by atoms with E-state index in [2.05, 4.69) is 0 Å². The molecule has 1 rings (SSSR count).